The van der Waals surface area contributed by atoms with Crippen LogP contribution in [-0.4, -0.2) is 23.7 Å². The quantitative estimate of drug-likeness (QED) is 0.736. The van der Waals surface area contributed by atoms with Gasteiger partial charge in [-0.2, -0.15) is 0 Å². The normalized spacial score (nSPS) is 12.1. The molecule has 0 saturated heterocycles. The Morgan fingerprint density at radius 1 is 1.44 bits per heavy atom. The lowest BCUT2D eigenvalue weighted by Gasteiger charge is -2.10. The van der Waals surface area contributed by atoms with Gasteiger partial charge in [0.15, 0.2) is 0 Å². The monoisotopic (exact) mass is 223 g/mol. The number of hydrogen-bond donors (Lipinski definition) is 2. The fourth-order valence-electron chi connectivity index (χ4n) is 1.28. The van der Waals surface area contributed by atoms with E-state index in [1.807, 2.05) is 6.92 Å². The summed E-state index contributed by atoms with van der Waals surface area (Å²) in [5.41, 5.74) is 6.59. The van der Waals surface area contributed by atoms with Gasteiger partial charge in [0.05, 0.1) is 6.61 Å². The predicted octanol–water partition coefficient (Wildman–Crippen LogP) is 1.22. The summed E-state index contributed by atoms with van der Waals surface area (Å²) < 4.78 is 4.94. The summed E-state index contributed by atoms with van der Waals surface area (Å²) in [6, 6.07) is 5.97. The second kappa shape index (κ2) is 6.12. The Kier molecular flexibility index (Phi) is 4.79. The van der Waals surface area contributed by atoms with Gasteiger partial charge in [0, 0.05) is 0 Å². The van der Waals surface area contributed by atoms with Crippen molar-refractivity contribution in [3.63, 3.8) is 0 Å². The smallest absolute Gasteiger partial charge is 0.323 e. The van der Waals surface area contributed by atoms with Gasteiger partial charge in [-0.25, -0.2) is 0 Å². The number of phenols is 1. The van der Waals surface area contributed by atoms with Gasteiger partial charge in [-0.3, -0.25) is 4.79 Å². The van der Waals surface area contributed by atoms with Gasteiger partial charge in [0.25, 0.3) is 0 Å². The van der Waals surface area contributed by atoms with Crippen molar-refractivity contribution in [2.45, 2.75) is 25.8 Å². The molecule has 0 spiro atoms. The number of carbonyl (C=O) groups excluding carboxylic acids is 1. The first-order chi connectivity index (χ1) is 7.63. The van der Waals surface area contributed by atoms with Crippen LogP contribution in [0.15, 0.2) is 24.3 Å². The van der Waals surface area contributed by atoms with E-state index in [1.54, 1.807) is 24.3 Å². The Morgan fingerprint density at radius 3 is 2.62 bits per heavy atom. The third-order valence-corrected chi connectivity index (χ3v) is 2.14. The Hall–Kier alpha value is -1.55. The van der Waals surface area contributed by atoms with Crippen molar-refractivity contribution in [1.29, 1.82) is 0 Å². The summed E-state index contributed by atoms with van der Waals surface area (Å²) in [6.07, 6.45) is 1.21. The molecule has 0 bridgehead atoms. The molecular formula is C12H17NO3. The lowest BCUT2D eigenvalue weighted by Crippen LogP contribution is -2.34. The molecular weight excluding hydrogens is 206 g/mol. The molecule has 1 aromatic rings. The topological polar surface area (TPSA) is 72.5 Å². The van der Waals surface area contributed by atoms with E-state index >= 15 is 0 Å². The van der Waals surface area contributed by atoms with Crippen LogP contribution in [0.5, 0.6) is 5.75 Å². The summed E-state index contributed by atoms with van der Waals surface area (Å²) >= 11 is 0. The Balaban J connectivity index is 2.47. The maximum absolute atomic E-state index is 11.4. The zero-order valence-corrected chi connectivity index (χ0v) is 9.35. The number of hydrogen-bond acceptors (Lipinski definition) is 4. The summed E-state index contributed by atoms with van der Waals surface area (Å²) in [5.74, 6) is -0.180. The van der Waals surface area contributed by atoms with Gasteiger partial charge in [0.1, 0.15) is 11.8 Å². The first kappa shape index (κ1) is 12.5. The van der Waals surface area contributed by atoms with E-state index in [9.17, 15) is 4.79 Å². The van der Waals surface area contributed by atoms with Gasteiger partial charge in [-0.1, -0.05) is 19.1 Å². The van der Waals surface area contributed by atoms with E-state index in [0.29, 0.717) is 13.0 Å². The fraction of sp³-hybridized carbons (Fsp3) is 0.417. The van der Waals surface area contributed by atoms with E-state index in [2.05, 4.69) is 0 Å². The highest BCUT2D eigenvalue weighted by atomic mass is 16.5. The molecule has 0 fully saturated rings. The molecule has 1 unspecified atom stereocenters. The molecule has 4 heteroatoms. The zero-order valence-electron chi connectivity index (χ0n) is 9.35. The minimum Gasteiger partial charge on any atom is -0.508 e. The number of esters is 1. The SMILES string of the molecule is CCCOC(=O)C(N)Cc1ccc(O)cc1. The van der Waals surface area contributed by atoms with Gasteiger partial charge >= 0.3 is 5.97 Å². The largest absolute Gasteiger partial charge is 0.508 e. The van der Waals surface area contributed by atoms with Crippen LogP contribution in [0.4, 0.5) is 0 Å². The number of ether oxygens (including phenoxy) is 1. The first-order valence-corrected chi connectivity index (χ1v) is 5.33. The molecule has 3 N–H and O–H groups in total. The van der Waals surface area contributed by atoms with Crippen molar-refractivity contribution >= 4 is 5.97 Å². The summed E-state index contributed by atoms with van der Waals surface area (Å²) in [7, 11) is 0. The van der Waals surface area contributed by atoms with Crippen molar-refractivity contribution in [1.82, 2.24) is 0 Å². The highest BCUT2D eigenvalue weighted by Gasteiger charge is 2.15. The summed E-state index contributed by atoms with van der Waals surface area (Å²) in [4.78, 5) is 11.4. The van der Waals surface area contributed by atoms with E-state index in [4.69, 9.17) is 15.6 Å². The standard InChI is InChI=1S/C12H17NO3/c1-2-7-16-12(15)11(13)8-9-3-5-10(14)6-4-9/h3-6,11,14H,2,7-8,13H2,1H3. The first-order valence-electron chi connectivity index (χ1n) is 5.33. The third kappa shape index (κ3) is 3.90. The Bertz CT molecular complexity index is 335. The number of nitrogens with two attached hydrogens (primary N) is 1. The molecule has 0 saturated carbocycles. The maximum Gasteiger partial charge on any atom is 0.323 e. The van der Waals surface area contributed by atoms with Crippen molar-refractivity contribution in [3.05, 3.63) is 29.8 Å². The zero-order chi connectivity index (χ0) is 12.0. The van der Waals surface area contributed by atoms with Crippen LogP contribution in [0.1, 0.15) is 18.9 Å². The molecule has 16 heavy (non-hydrogen) atoms. The Morgan fingerprint density at radius 2 is 2.06 bits per heavy atom. The molecule has 4 nitrogen and oxygen atoms in total. The van der Waals surface area contributed by atoms with Gasteiger partial charge < -0.3 is 15.6 Å². The van der Waals surface area contributed by atoms with Crippen molar-refractivity contribution in [2.24, 2.45) is 5.73 Å². The number of benzene rings is 1. The van der Waals surface area contributed by atoms with Gasteiger partial charge in [-0.15, -0.1) is 0 Å². The molecule has 88 valence electrons. The van der Waals surface area contributed by atoms with Crippen LogP contribution in [0.3, 0.4) is 0 Å². The van der Waals surface area contributed by atoms with Crippen LogP contribution < -0.4 is 5.73 Å². The number of phenolic OH excluding ortho intramolecular Hbond substituents is 1. The number of carbonyl (C=O) groups is 1. The molecule has 0 radical (unpaired) electrons. The predicted molar refractivity (Wildman–Crippen MR) is 61.0 cm³/mol. The molecule has 0 amide bonds. The average Bonchev–Trinajstić information content (AvgIpc) is 2.29. The molecule has 1 atom stereocenters. The molecule has 1 aromatic carbocycles. The fourth-order valence-corrected chi connectivity index (χ4v) is 1.28. The number of aromatic hydroxyl groups is 1. The molecule has 0 aliphatic heterocycles. The maximum atomic E-state index is 11.4. The van der Waals surface area contributed by atoms with Crippen LogP contribution in [0.25, 0.3) is 0 Å². The third-order valence-electron chi connectivity index (χ3n) is 2.14. The second-order valence-electron chi connectivity index (χ2n) is 3.64. The van der Waals surface area contributed by atoms with Gasteiger partial charge in [-0.05, 0) is 30.5 Å². The summed E-state index contributed by atoms with van der Waals surface area (Å²) in [6.45, 7) is 2.33. The van der Waals surface area contributed by atoms with E-state index in [1.165, 1.54) is 0 Å². The highest BCUT2D eigenvalue weighted by molar-refractivity contribution is 5.75. The lowest BCUT2D eigenvalue weighted by molar-refractivity contribution is -0.145. The second-order valence-corrected chi connectivity index (χ2v) is 3.64. The Labute approximate surface area is 95.0 Å². The van der Waals surface area contributed by atoms with E-state index in [-0.39, 0.29) is 11.7 Å². The summed E-state index contributed by atoms with van der Waals surface area (Å²) in [5, 5.41) is 9.09. The number of rotatable bonds is 5. The molecule has 1 rings (SSSR count). The molecule has 0 heterocycles. The van der Waals surface area contributed by atoms with Crippen LogP contribution >= 0.6 is 0 Å². The van der Waals surface area contributed by atoms with Crippen molar-refractivity contribution < 1.29 is 14.6 Å². The molecule has 0 aliphatic rings. The molecule has 0 aromatic heterocycles. The van der Waals surface area contributed by atoms with Gasteiger partial charge in [0.2, 0.25) is 0 Å². The minimum atomic E-state index is -0.643. The molecule has 0 aliphatic carbocycles. The van der Waals surface area contributed by atoms with Crippen LogP contribution in [0, 0.1) is 0 Å². The van der Waals surface area contributed by atoms with Crippen LogP contribution in [0.2, 0.25) is 0 Å². The van der Waals surface area contributed by atoms with E-state index < -0.39 is 6.04 Å². The van der Waals surface area contributed by atoms with Crippen molar-refractivity contribution in [2.75, 3.05) is 6.61 Å². The van der Waals surface area contributed by atoms with Crippen molar-refractivity contribution in [3.8, 4) is 5.75 Å². The average molecular weight is 223 g/mol. The van der Waals surface area contributed by atoms with Crippen LogP contribution in [-0.2, 0) is 16.0 Å². The highest BCUT2D eigenvalue weighted by Crippen LogP contribution is 2.11. The van der Waals surface area contributed by atoms with E-state index in [0.717, 1.165) is 12.0 Å². The lowest BCUT2D eigenvalue weighted by atomic mass is 10.1. The minimum absolute atomic E-state index is 0.200.